The van der Waals surface area contributed by atoms with Crippen molar-refractivity contribution in [1.29, 1.82) is 0 Å². The highest BCUT2D eigenvalue weighted by Crippen LogP contribution is 2.49. The van der Waals surface area contributed by atoms with Crippen LogP contribution in [0.25, 0.3) is 0 Å². The van der Waals surface area contributed by atoms with Crippen LogP contribution in [0.4, 0.5) is 10.5 Å². The molecule has 3 fully saturated rings. The van der Waals surface area contributed by atoms with E-state index in [0.717, 1.165) is 49.7 Å². The summed E-state index contributed by atoms with van der Waals surface area (Å²) in [6, 6.07) is 6.46. The largest absolute Gasteiger partial charge is 0.357 e. The normalized spacial score (nSPS) is 26.1. The van der Waals surface area contributed by atoms with E-state index in [4.69, 9.17) is 0 Å². The van der Waals surface area contributed by atoms with Gasteiger partial charge in [-0.25, -0.2) is 4.79 Å². The number of nitrogens with one attached hydrogen (secondary N) is 4. The van der Waals surface area contributed by atoms with Crippen LogP contribution in [-0.2, 0) is 29.5 Å². The van der Waals surface area contributed by atoms with Crippen molar-refractivity contribution in [2.45, 2.75) is 76.8 Å². The maximum absolute atomic E-state index is 13.9. The Bertz CT molecular complexity index is 1460. The molecule has 44 heavy (non-hydrogen) atoms. The highest BCUT2D eigenvalue weighted by molar-refractivity contribution is 6.01. The van der Waals surface area contributed by atoms with Crippen molar-refractivity contribution in [2.75, 3.05) is 25.5 Å². The number of amides is 5. The molecule has 4 aliphatic rings. The van der Waals surface area contributed by atoms with E-state index in [-0.39, 0.29) is 35.1 Å². The van der Waals surface area contributed by atoms with Crippen molar-refractivity contribution in [2.24, 2.45) is 30.2 Å². The first-order chi connectivity index (χ1) is 21.0. The summed E-state index contributed by atoms with van der Waals surface area (Å²) in [5, 5.41) is 16.1. The Morgan fingerprint density at radius 1 is 1.02 bits per heavy atom. The molecule has 2 saturated carbocycles. The van der Waals surface area contributed by atoms with Crippen LogP contribution < -0.4 is 21.3 Å². The SMILES string of the molecule is CNC(=O)C1(N2CC3(CC3)CNC2=O)Cc2ccc(NC(=O)C(NC(=O)c3ccnn3C)C3CCC(C(C)C)CC3)cc2C1. The molecule has 4 N–H and O–H groups in total. The first-order valence-corrected chi connectivity index (χ1v) is 16.0. The minimum absolute atomic E-state index is 0.0184. The van der Waals surface area contributed by atoms with Crippen LogP contribution in [0.3, 0.4) is 0 Å². The molecule has 3 aliphatic carbocycles. The minimum atomic E-state index is -1.02. The van der Waals surface area contributed by atoms with Gasteiger partial charge in [0.2, 0.25) is 11.8 Å². The van der Waals surface area contributed by atoms with Gasteiger partial charge in [-0.3, -0.25) is 19.1 Å². The number of fused-ring (bicyclic) bond motifs is 1. The van der Waals surface area contributed by atoms with Gasteiger partial charge in [0.1, 0.15) is 17.3 Å². The van der Waals surface area contributed by atoms with Gasteiger partial charge in [-0.15, -0.1) is 0 Å². The lowest BCUT2D eigenvalue weighted by Crippen LogP contribution is -2.67. The fourth-order valence-corrected chi connectivity index (χ4v) is 7.69. The summed E-state index contributed by atoms with van der Waals surface area (Å²) in [6.45, 7) is 5.72. The summed E-state index contributed by atoms with van der Waals surface area (Å²) in [4.78, 5) is 55.4. The number of nitrogens with zero attached hydrogens (tertiary/aromatic N) is 3. The fourth-order valence-electron chi connectivity index (χ4n) is 7.69. The van der Waals surface area contributed by atoms with E-state index >= 15 is 0 Å². The predicted octanol–water partition coefficient (Wildman–Crippen LogP) is 3.01. The van der Waals surface area contributed by atoms with Crippen LogP contribution in [0.1, 0.15) is 74.0 Å². The van der Waals surface area contributed by atoms with Crippen LogP contribution in [0.2, 0.25) is 0 Å². The van der Waals surface area contributed by atoms with Gasteiger partial charge >= 0.3 is 6.03 Å². The van der Waals surface area contributed by atoms with Gasteiger partial charge in [-0.1, -0.05) is 19.9 Å². The second kappa shape index (κ2) is 11.6. The van der Waals surface area contributed by atoms with E-state index in [9.17, 15) is 19.2 Å². The summed E-state index contributed by atoms with van der Waals surface area (Å²) in [5.41, 5.74) is 1.97. The number of anilines is 1. The van der Waals surface area contributed by atoms with Crippen LogP contribution in [0, 0.1) is 23.2 Å². The van der Waals surface area contributed by atoms with E-state index < -0.39 is 11.6 Å². The highest BCUT2D eigenvalue weighted by Gasteiger charge is 2.57. The molecule has 0 radical (unpaired) electrons. The molecule has 1 aromatic carbocycles. The van der Waals surface area contributed by atoms with E-state index in [0.29, 0.717) is 49.1 Å². The first-order valence-electron chi connectivity index (χ1n) is 16.0. The molecule has 2 heterocycles. The third kappa shape index (κ3) is 5.57. The van der Waals surface area contributed by atoms with Crippen LogP contribution in [-0.4, -0.2) is 70.2 Å². The number of hydrogen-bond acceptors (Lipinski definition) is 5. The lowest BCUT2D eigenvalue weighted by molar-refractivity contribution is -0.131. The van der Waals surface area contributed by atoms with E-state index in [2.05, 4.69) is 40.2 Å². The third-order valence-corrected chi connectivity index (χ3v) is 10.8. The third-order valence-electron chi connectivity index (χ3n) is 10.8. The highest BCUT2D eigenvalue weighted by atomic mass is 16.2. The molecule has 1 saturated heterocycles. The number of rotatable bonds is 8. The number of aromatic nitrogens is 2. The van der Waals surface area contributed by atoms with Gasteiger partial charge in [-0.2, -0.15) is 5.10 Å². The summed E-state index contributed by atoms with van der Waals surface area (Å²) < 4.78 is 1.51. The average molecular weight is 604 g/mol. The molecule has 5 amide bonds. The molecule has 2 atom stereocenters. The Morgan fingerprint density at radius 2 is 1.73 bits per heavy atom. The number of aryl methyl sites for hydroxylation is 1. The molecule has 1 aromatic heterocycles. The maximum Gasteiger partial charge on any atom is 0.318 e. The summed E-state index contributed by atoms with van der Waals surface area (Å²) in [5.74, 6) is 0.471. The first kappa shape index (κ1) is 30.1. The molecule has 1 spiro atoms. The zero-order valence-corrected chi connectivity index (χ0v) is 26.2. The molecule has 11 nitrogen and oxygen atoms in total. The van der Waals surface area contributed by atoms with Crippen molar-refractivity contribution >= 4 is 29.4 Å². The zero-order valence-electron chi connectivity index (χ0n) is 26.2. The standard InChI is InChI=1S/C33H45N7O4/c1-20(2)21-5-7-22(8-6-21)27(38-28(41)26-11-14-36-39(26)4)29(42)37-25-10-9-23-16-33(30(43)34-3,17-24(23)15-25)40-19-32(12-13-32)18-35-31(40)44/h9-11,14-15,20-22,27H,5-8,12-13,16-19H2,1-4H3,(H,34,43)(H,35,44)(H,37,42)(H,38,41). The summed E-state index contributed by atoms with van der Waals surface area (Å²) >= 11 is 0. The Hall–Kier alpha value is -3.89. The lowest BCUT2D eigenvalue weighted by atomic mass is 9.74. The number of urea groups is 1. The number of likely N-dealkylation sites (N-methyl/N-ethyl adjacent to an activating group) is 1. The van der Waals surface area contributed by atoms with Crippen molar-refractivity contribution in [3.63, 3.8) is 0 Å². The molecule has 2 unspecified atom stereocenters. The number of carbonyl (C=O) groups excluding carboxylic acids is 4. The molecule has 11 heteroatoms. The van der Waals surface area contributed by atoms with Crippen molar-refractivity contribution < 1.29 is 19.2 Å². The second-order valence-corrected chi connectivity index (χ2v) is 13.9. The van der Waals surface area contributed by atoms with E-state index in [1.165, 1.54) is 4.68 Å². The van der Waals surface area contributed by atoms with Gasteiger partial charge in [-0.05, 0) is 85.6 Å². The predicted molar refractivity (Wildman–Crippen MR) is 166 cm³/mol. The van der Waals surface area contributed by atoms with Crippen LogP contribution in [0.15, 0.2) is 30.5 Å². The second-order valence-electron chi connectivity index (χ2n) is 13.9. The number of benzene rings is 1. The van der Waals surface area contributed by atoms with Crippen molar-refractivity contribution in [1.82, 2.24) is 30.6 Å². The van der Waals surface area contributed by atoms with Crippen molar-refractivity contribution in [3.05, 3.63) is 47.3 Å². The molecule has 2 aromatic rings. The molecule has 1 aliphatic heterocycles. The summed E-state index contributed by atoms with van der Waals surface area (Å²) in [7, 11) is 3.32. The van der Waals surface area contributed by atoms with E-state index in [1.54, 1.807) is 31.3 Å². The summed E-state index contributed by atoms with van der Waals surface area (Å²) in [6.07, 6.45) is 8.24. The smallest absolute Gasteiger partial charge is 0.318 e. The van der Waals surface area contributed by atoms with Crippen LogP contribution >= 0.6 is 0 Å². The topological polar surface area (TPSA) is 137 Å². The molecule has 236 valence electrons. The Kier molecular flexibility index (Phi) is 7.92. The number of hydrogen-bond donors (Lipinski definition) is 4. The van der Waals surface area contributed by atoms with Gasteiger partial charge in [0.05, 0.1) is 0 Å². The maximum atomic E-state index is 13.9. The average Bonchev–Trinajstić information content (AvgIpc) is 3.43. The lowest BCUT2D eigenvalue weighted by Gasteiger charge is -2.44. The van der Waals surface area contributed by atoms with Gasteiger partial charge in [0.25, 0.3) is 5.91 Å². The Balaban J connectivity index is 1.21. The number of carbonyl (C=O) groups is 4. The minimum Gasteiger partial charge on any atom is -0.357 e. The quantitative estimate of drug-likeness (QED) is 0.368. The Labute approximate surface area is 258 Å². The van der Waals surface area contributed by atoms with Gasteiger partial charge in [0, 0.05) is 57.3 Å². The Morgan fingerprint density at radius 3 is 2.36 bits per heavy atom. The van der Waals surface area contributed by atoms with Gasteiger partial charge < -0.3 is 26.2 Å². The van der Waals surface area contributed by atoms with Crippen molar-refractivity contribution in [3.8, 4) is 0 Å². The molecular weight excluding hydrogens is 558 g/mol. The molecular formula is C33H45N7O4. The zero-order chi connectivity index (χ0) is 31.2. The van der Waals surface area contributed by atoms with E-state index in [1.807, 2.05) is 18.2 Å². The molecule has 6 rings (SSSR count). The van der Waals surface area contributed by atoms with Gasteiger partial charge in [0.15, 0.2) is 0 Å². The molecule has 0 bridgehead atoms. The fraction of sp³-hybridized carbons (Fsp3) is 0.606. The van der Waals surface area contributed by atoms with Crippen LogP contribution in [0.5, 0.6) is 0 Å². The monoisotopic (exact) mass is 603 g/mol.